The number of ether oxygens (including phenoxy) is 2. The van der Waals surface area contributed by atoms with E-state index < -0.39 is 5.60 Å². The average molecular weight is 389 g/mol. The number of hydrogen-bond acceptors (Lipinski definition) is 5. The van der Waals surface area contributed by atoms with E-state index in [0.717, 1.165) is 12.8 Å². The molecule has 4 atom stereocenters. The van der Waals surface area contributed by atoms with Crippen LogP contribution in [-0.2, 0) is 14.3 Å². The number of piperidine rings is 2. The van der Waals surface area contributed by atoms with E-state index in [9.17, 15) is 9.59 Å². The zero-order valence-corrected chi connectivity index (χ0v) is 17.4. The van der Waals surface area contributed by atoms with Crippen molar-refractivity contribution < 1.29 is 19.1 Å². The maximum absolute atomic E-state index is 12.6. The van der Waals surface area contributed by atoms with E-state index in [1.165, 1.54) is 6.42 Å². The van der Waals surface area contributed by atoms with Gasteiger partial charge in [0, 0.05) is 31.2 Å². The highest BCUT2D eigenvalue weighted by Gasteiger charge is 2.41. The number of likely N-dealkylation sites (tertiary alicyclic amines) is 2. The second-order valence-corrected chi connectivity index (χ2v) is 8.84. The third kappa shape index (κ3) is 5.49. The molecule has 0 radical (unpaired) electrons. The van der Waals surface area contributed by atoms with Crippen LogP contribution in [0.5, 0.6) is 0 Å². The van der Waals surface area contributed by atoms with E-state index in [1.807, 2.05) is 20.8 Å². The van der Waals surface area contributed by atoms with Gasteiger partial charge in [0.05, 0.1) is 5.92 Å². The summed E-state index contributed by atoms with van der Waals surface area (Å²) >= 11 is 5.57. The second-order valence-electron chi connectivity index (χ2n) is 8.62. The number of halogens is 1. The fraction of sp³-hybridized carbons (Fsp3) is 0.895. The van der Waals surface area contributed by atoms with E-state index in [1.54, 1.807) is 4.90 Å². The Balaban J connectivity index is 2.18. The summed E-state index contributed by atoms with van der Waals surface area (Å²) in [6.07, 6.45) is 3.82. The van der Waals surface area contributed by atoms with Gasteiger partial charge in [-0.25, -0.2) is 4.79 Å². The van der Waals surface area contributed by atoms with Gasteiger partial charge in [-0.15, -0.1) is 0 Å². The van der Waals surface area contributed by atoms with Crippen LogP contribution >= 0.6 is 11.6 Å². The number of carbonyl (C=O) groups is 2. The molecule has 0 saturated carbocycles. The van der Waals surface area contributed by atoms with Crippen molar-refractivity contribution in [3.05, 3.63) is 0 Å². The molecule has 0 spiro atoms. The summed E-state index contributed by atoms with van der Waals surface area (Å²) in [5, 5.41) is 0. The summed E-state index contributed by atoms with van der Waals surface area (Å²) < 4.78 is 10.6. The van der Waals surface area contributed by atoms with Crippen LogP contribution in [0.15, 0.2) is 0 Å². The molecule has 0 aromatic heterocycles. The van der Waals surface area contributed by atoms with Crippen LogP contribution in [0.3, 0.4) is 0 Å². The fourth-order valence-corrected chi connectivity index (χ4v) is 4.37. The van der Waals surface area contributed by atoms with Crippen LogP contribution < -0.4 is 0 Å². The molecule has 0 aliphatic carbocycles. The average Bonchev–Trinajstić information content (AvgIpc) is 2.53. The number of esters is 1. The standard InChI is InChI=1S/C19H33ClN2O4/c1-13-7-6-8-14(2)22(13)16-9-15(17(23)25-12-20)10-21(11-16)18(24)26-19(3,4)5/h13-16H,6-12H2,1-5H3/t13-,14+,15?,16?. The molecule has 2 heterocycles. The summed E-state index contributed by atoms with van der Waals surface area (Å²) in [6, 6.07) is 0.830. The Morgan fingerprint density at radius 1 is 1.12 bits per heavy atom. The van der Waals surface area contributed by atoms with Crippen LogP contribution in [-0.4, -0.2) is 64.7 Å². The molecule has 2 fully saturated rings. The van der Waals surface area contributed by atoms with Crippen molar-refractivity contribution in [1.82, 2.24) is 9.80 Å². The Labute approximate surface area is 162 Å². The van der Waals surface area contributed by atoms with Crippen molar-refractivity contribution in [1.29, 1.82) is 0 Å². The minimum atomic E-state index is -0.568. The highest BCUT2D eigenvalue weighted by atomic mass is 35.5. The van der Waals surface area contributed by atoms with E-state index in [4.69, 9.17) is 21.1 Å². The summed E-state index contributed by atoms with van der Waals surface area (Å²) in [5.74, 6) is -0.711. The van der Waals surface area contributed by atoms with Gasteiger partial charge in [-0.3, -0.25) is 9.69 Å². The van der Waals surface area contributed by atoms with Crippen molar-refractivity contribution in [3.63, 3.8) is 0 Å². The molecule has 2 aliphatic heterocycles. The number of carbonyl (C=O) groups excluding carboxylic acids is 2. The lowest BCUT2D eigenvalue weighted by Gasteiger charge is -2.48. The second kappa shape index (κ2) is 8.79. The SMILES string of the molecule is C[C@@H]1CCC[C@H](C)N1C1CC(C(=O)OCCl)CN(C(=O)OC(C)(C)C)C1. The number of amides is 1. The van der Waals surface area contributed by atoms with Gasteiger partial charge in [-0.05, 0) is 53.9 Å². The van der Waals surface area contributed by atoms with E-state index in [-0.39, 0.29) is 30.1 Å². The topological polar surface area (TPSA) is 59.1 Å². The van der Waals surface area contributed by atoms with Crippen molar-refractivity contribution in [2.45, 2.75) is 84.0 Å². The highest BCUT2D eigenvalue weighted by Crippen LogP contribution is 2.31. The summed E-state index contributed by atoms with van der Waals surface area (Å²) in [6.45, 7) is 10.9. The molecule has 2 saturated heterocycles. The van der Waals surface area contributed by atoms with Crippen molar-refractivity contribution in [3.8, 4) is 0 Å². The van der Waals surface area contributed by atoms with E-state index in [0.29, 0.717) is 31.6 Å². The predicted molar refractivity (Wildman–Crippen MR) is 101 cm³/mol. The van der Waals surface area contributed by atoms with Crippen LogP contribution in [0.2, 0.25) is 0 Å². The minimum absolute atomic E-state index is 0.120. The smallest absolute Gasteiger partial charge is 0.410 e. The first-order valence-electron chi connectivity index (χ1n) is 9.60. The van der Waals surface area contributed by atoms with Crippen molar-refractivity contribution >= 4 is 23.7 Å². The molecular formula is C19H33ClN2O4. The van der Waals surface area contributed by atoms with Gasteiger partial charge in [0.25, 0.3) is 0 Å². The molecule has 0 N–H and O–H groups in total. The third-order valence-corrected chi connectivity index (χ3v) is 5.40. The largest absolute Gasteiger partial charge is 0.449 e. The Kier molecular flexibility index (Phi) is 7.19. The first-order valence-corrected chi connectivity index (χ1v) is 10.1. The molecule has 0 aromatic rings. The first-order chi connectivity index (χ1) is 12.1. The lowest BCUT2D eigenvalue weighted by atomic mass is 9.88. The van der Waals surface area contributed by atoms with Crippen LogP contribution in [0.1, 0.15) is 60.3 Å². The monoisotopic (exact) mass is 388 g/mol. The number of nitrogens with zero attached hydrogens (tertiary/aromatic N) is 2. The normalized spacial score (nSPS) is 30.8. The Morgan fingerprint density at radius 2 is 1.73 bits per heavy atom. The number of hydrogen-bond donors (Lipinski definition) is 0. The van der Waals surface area contributed by atoms with Crippen molar-refractivity contribution in [2.75, 3.05) is 19.2 Å². The van der Waals surface area contributed by atoms with Crippen LogP contribution in [0.4, 0.5) is 4.79 Å². The maximum Gasteiger partial charge on any atom is 0.410 e. The van der Waals surface area contributed by atoms with E-state index >= 15 is 0 Å². The maximum atomic E-state index is 12.6. The molecule has 150 valence electrons. The summed E-state index contributed by atoms with van der Waals surface area (Å²) in [5.41, 5.74) is -0.568. The number of alkyl halides is 1. The molecule has 2 aliphatic rings. The predicted octanol–water partition coefficient (Wildman–Crippen LogP) is 3.61. The molecule has 7 heteroatoms. The highest BCUT2D eigenvalue weighted by molar-refractivity contribution is 6.17. The fourth-order valence-electron chi connectivity index (χ4n) is 4.27. The van der Waals surface area contributed by atoms with Gasteiger partial charge >= 0.3 is 12.1 Å². The molecule has 0 bridgehead atoms. The molecule has 2 unspecified atom stereocenters. The number of rotatable bonds is 3. The lowest BCUT2D eigenvalue weighted by Crippen LogP contribution is -2.59. The van der Waals surface area contributed by atoms with Crippen molar-refractivity contribution in [2.24, 2.45) is 5.92 Å². The summed E-state index contributed by atoms with van der Waals surface area (Å²) in [4.78, 5) is 29.1. The minimum Gasteiger partial charge on any atom is -0.449 e. The van der Waals surface area contributed by atoms with Gasteiger partial charge in [0.15, 0.2) is 6.07 Å². The van der Waals surface area contributed by atoms with Crippen LogP contribution in [0.25, 0.3) is 0 Å². The van der Waals surface area contributed by atoms with Gasteiger partial charge in [0.2, 0.25) is 0 Å². The molecule has 6 nitrogen and oxygen atoms in total. The Hall–Kier alpha value is -1.01. The van der Waals surface area contributed by atoms with Gasteiger partial charge < -0.3 is 14.4 Å². The van der Waals surface area contributed by atoms with E-state index in [2.05, 4.69) is 18.7 Å². The molecule has 0 aromatic carbocycles. The lowest BCUT2D eigenvalue weighted by molar-refractivity contribution is -0.149. The van der Waals surface area contributed by atoms with Crippen LogP contribution in [0, 0.1) is 5.92 Å². The molecular weight excluding hydrogens is 356 g/mol. The first kappa shape index (κ1) is 21.3. The molecule has 2 rings (SSSR count). The van der Waals surface area contributed by atoms with Gasteiger partial charge in [-0.2, -0.15) is 0 Å². The summed E-state index contributed by atoms with van der Waals surface area (Å²) in [7, 11) is 0. The Morgan fingerprint density at radius 3 is 2.27 bits per heavy atom. The Bertz CT molecular complexity index is 498. The zero-order chi connectivity index (χ0) is 19.5. The zero-order valence-electron chi connectivity index (χ0n) is 16.7. The molecule has 26 heavy (non-hydrogen) atoms. The quantitative estimate of drug-likeness (QED) is 0.546. The van der Waals surface area contributed by atoms with Gasteiger partial charge in [-0.1, -0.05) is 18.0 Å². The molecule has 1 amide bonds. The van der Waals surface area contributed by atoms with Gasteiger partial charge in [0.1, 0.15) is 5.60 Å². The third-order valence-electron chi connectivity index (χ3n) is 5.29.